The van der Waals surface area contributed by atoms with Crippen molar-refractivity contribution >= 4 is 45.3 Å². The molecule has 0 aliphatic rings. The predicted molar refractivity (Wildman–Crippen MR) is 134 cm³/mol. The number of hydrogen-bond acceptors (Lipinski definition) is 6. The van der Waals surface area contributed by atoms with Crippen LogP contribution in [0.4, 0.5) is 5.69 Å². The van der Waals surface area contributed by atoms with E-state index >= 15 is 0 Å². The van der Waals surface area contributed by atoms with Gasteiger partial charge in [-0.3, -0.25) is 4.98 Å². The predicted octanol–water partition coefficient (Wildman–Crippen LogP) is 6.96. The molecule has 34 heavy (non-hydrogen) atoms. The number of aryl methyl sites for hydroxylation is 1. The number of fused-ring (bicyclic) bond motifs is 3. The zero-order valence-electron chi connectivity index (χ0n) is 18.9. The van der Waals surface area contributed by atoms with Crippen LogP contribution < -0.4 is 5.32 Å². The van der Waals surface area contributed by atoms with E-state index in [1.54, 1.807) is 12.1 Å². The highest BCUT2D eigenvalue weighted by Crippen LogP contribution is 2.38. The second-order valence-electron chi connectivity index (χ2n) is 8.12. The molecule has 0 amide bonds. The molecule has 0 bridgehead atoms. The third-order valence-corrected chi connectivity index (χ3v) is 6.00. The van der Waals surface area contributed by atoms with Crippen LogP contribution in [0.15, 0.2) is 71.3 Å². The highest BCUT2D eigenvalue weighted by atomic mass is 35.5. The minimum Gasteiger partial charge on any atom is -0.464 e. The molecule has 0 saturated heterocycles. The zero-order valence-corrected chi connectivity index (χ0v) is 19.7. The van der Waals surface area contributed by atoms with E-state index in [-0.39, 0.29) is 16.9 Å². The van der Waals surface area contributed by atoms with Crippen LogP contribution in [0, 0.1) is 6.92 Å². The maximum Gasteiger partial charge on any atom is 0.358 e. The number of rotatable bonds is 5. The van der Waals surface area contributed by atoms with Crippen molar-refractivity contribution in [2.24, 2.45) is 0 Å². The topological polar surface area (TPSA) is 77.2 Å². The number of esters is 1. The maximum absolute atomic E-state index is 12.3. The fraction of sp³-hybridized carbons (Fsp3) is 0.148. The molecule has 1 atom stereocenters. The number of pyridine rings is 2. The first-order valence-electron chi connectivity index (χ1n) is 10.8. The summed E-state index contributed by atoms with van der Waals surface area (Å²) in [5, 5.41) is 4.54. The maximum atomic E-state index is 12.3. The molecule has 1 unspecified atom stereocenters. The number of carbonyl (C=O) groups excluding carboxylic acids is 1. The number of hydrogen-bond donors (Lipinski definition) is 1. The molecule has 0 spiro atoms. The first kappa shape index (κ1) is 21.9. The van der Waals surface area contributed by atoms with Gasteiger partial charge in [-0.15, -0.1) is 0 Å². The largest absolute Gasteiger partial charge is 0.464 e. The molecule has 0 aliphatic heterocycles. The van der Waals surface area contributed by atoms with Crippen LogP contribution in [0.5, 0.6) is 0 Å². The van der Waals surface area contributed by atoms with Gasteiger partial charge in [-0.1, -0.05) is 48.0 Å². The number of methoxy groups -OCH3 is 1. The Morgan fingerprint density at radius 3 is 2.65 bits per heavy atom. The Balaban J connectivity index is 1.64. The third-order valence-electron chi connectivity index (χ3n) is 5.79. The van der Waals surface area contributed by atoms with Crippen molar-refractivity contribution in [1.29, 1.82) is 0 Å². The number of carbonyl (C=O) groups is 1. The number of benzene rings is 2. The lowest BCUT2D eigenvalue weighted by molar-refractivity contribution is 0.0595. The van der Waals surface area contributed by atoms with E-state index in [1.807, 2.05) is 44.3 Å². The summed E-state index contributed by atoms with van der Waals surface area (Å²) < 4.78 is 11.3. The van der Waals surface area contributed by atoms with Crippen LogP contribution in [0.2, 0.25) is 5.15 Å². The molecule has 5 aromatic rings. The van der Waals surface area contributed by atoms with Gasteiger partial charge in [-0.25, -0.2) is 9.78 Å². The van der Waals surface area contributed by atoms with Crippen molar-refractivity contribution in [2.75, 3.05) is 12.4 Å². The minimum absolute atomic E-state index is 0.128. The number of nitrogens with zero attached hydrogens (tertiary/aromatic N) is 2. The van der Waals surface area contributed by atoms with E-state index in [0.717, 1.165) is 44.3 Å². The quantitative estimate of drug-likeness (QED) is 0.220. The Morgan fingerprint density at radius 1 is 1.09 bits per heavy atom. The molecule has 0 saturated carbocycles. The Morgan fingerprint density at radius 2 is 1.88 bits per heavy atom. The summed E-state index contributed by atoms with van der Waals surface area (Å²) in [5.41, 5.74) is 7.03. The lowest BCUT2D eigenvalue weighted by atomic mass is 10.0. The minimum atomic E-state index is -0.563. The molecule has 0 radical (unpaired) electrons. The van der Waals surface area contributed by atoms with E-state index in [4.69, 9.17) is 20.8 Å². The van der Waals surface area contributed by atoms with Gasteiger partial charge in [0, 0.05) is 22.7 Å². The third kappa shape index (κ3) is 3.86. The second kappa shape index (κ2) is 8.80. The normalized spacial score (nSPS) is 12.1. The number of halogens is 1. The van der Waals surface area contributed by atoms with E-state index < -0.39 is 5.97 Å². The highest BCUT2D eigenvalue weighted by molar-refractivity contribution is 6.29. The summed E-state index contributed by atoms with van der Waals surface area (Å²) in [6, 6.07) is 19.4. The van der Waals surface area contributed by atoms with Gasteiger partial charge in [0.05, 0.1) is 18.8 Å². The molecule has 3 aromatic heterocycles. The number of furan rings is 1. The molecule has 0 aliphatic carbocycles. The summed E-state index contributed by atoms with van der Waals surface area (Å²) in [6.07, 6.45) is 1.81. The SMILES string of the molecule is COC(=O)c1nc(Cl)ccc1NC(C)c1cc(C)cc2c1oc1c(-c3ccccc3)ccnc12. The van der Waals surface area contributed by atoms with E-state index in [2.05, 4.69) is 39.6 Å². The lowest BCUT2D eigenvalue weighted by Crippen LogP contribution is -2.13. The lowest BCUT2D eigenvalue weighted by Gasteiger charge is -2.18. The molecule has 6 nitrogen and oxygen atoms in total. The Bertz CT molecular complexity index is 1530. The molecular weight excluding hydrogens is 450 g/mol. The van der Waals surface area contributed by atoms with Gasteiger partial charge in [0.15, 0.2) is 11.3 Å². The number of nitrogens with one attached hydrogen (secondary N) is 1. The smallest absolute Gasteiger partial charge is 0.358 e. The summed E-state index contributed by atoms with van der Waals surface area (Å²) in [7, 11) is 1.31. The van der Waals surface area contributed by atoms with Crippen molar-refractivity contribution in [2.45, 2.75) is 19.9 Å². The molecule has 3 heterocycles. The second-order valence-corrected chi connectivity index (χ2v) is 8.51. The van der Waals surface area contributed by atoms with Gasteiger partial charge in [-0.2, -0.15) is 0 Å². The number of aromatic nitrogens is 2. The Kier molecular flexibility index (Phi) is 5.67. The van der Waals surface area contributed by atoms with Gasteiger partial charge in [-0.05, 0) is 49.2 Å². The van der Waals surface area contributed by atoms with Gasteiger partial charge < -0.3 is 14.5 Å². The average molecular weight is 472 g/mol. The molecule has 5 rings (SSSR count). The van der Waals surface area contributed by atoms with Crippen molar-refractivity contribution in [3.8, 4) is 11.1 Å². The van der Waals surface area contributed by atoms with Crippen molar-refractivity contribution in [1.82, 2.24) is 9.97 Å². The number of anilines is 1. The highest BCUT2D eigenvalue weighted by Gasteiger charge is 2.21. The molecule has 2 aromatic carbocycles. The standard InChI is InChI=1S/C27H22ClN3O3/c1-15-13-19(16(2)30-21-9-10-22(28)31-24(21)27(32)33-3)25-20(14-15)23-26(34-25)18(11-12-29-23)17-7-5-4-6-8-17/h4-14,16,30H,1-3H3. The van der Waals surface area contributed by atoms with Gasteiger partial charge in [0.2, 0.25) is 0 Å². The van der Waals surface area contributed by atoms with Crippen molar-refractivity contribution in [3.05, 3.63) is 88.8 Å². The van der Waals surface area contributed by atoms with E-state index in [1.165, 1.54) is 7.11 Å². The summed E-state index contributed by atoms with van der Waals surface area (Å²) >= 11 is 6.01. The Hall–Kier alpha value is -3.90. The first-order chi connectivity index (χ1) is 16.5. The monoisotopic (exact) mass is 471 g/mol. The van der Waals surface area contributed by atoms with Crippen molar-refractivity contribution < 1.29 is 13.9 Å². The molecule has 0 fully saturated rings. The average Bonchev–Trinajstić information content (AvgIpc) is 3.23. The van der Waals surface area contributed by atoms with Crippen LogP contribution >= 0.6 is 11.6 Å². The molecule has 170 valence electrons. The summed E-state index contributed by atoms with van der Waals surface area (Å²) in [4.78, 5) is 21.0. The van der Waals surface area contributed by atoms with Crippen LogP contribution in [0.1, 0.15) is 34.6 Å². The first-order valence-corrected chi connectivity index (χ1v) is 11.2. The molecular formula is C27H22ClN3O3. The summed E-state index contributed by atoms with van der Waals surface area (Å²) in [5.74, 6) is -0.563. The van der Waals surface area contributed by atoms with Gasteiger partial charge >= 0.3 is 5.97 Å². The van der Waals surface area contributed by atoms with E-state index in [9.17, 15) is 4.79 Å². The van der Waals surface area contributed by atoms with E-state index in [0.29, 0.717) is 5.69 Å². The fourth-order valence-electron chi connectivity index (χ4n) is 4.22. The molecule has 1 N–H and O–H groups in total. The summed E-state index contributed by atoms with van der Waals surface area (Å²) in [6.45, 7) is 4.04. The van der Waals surface area contributed by atoms with Crippen LogP contribution in [0.25, 0.3) is 33.2 Å². The van der Waals surface area contributed by atoms with Gasteiger partial charge in [0.1, 0.15) is 16.3 Å². The van der Waals surface area contributed by atoms with Crippen LogP contribution in [-0.2, 0) is 4.74 Å². The zero-order chi connectivity index (χ0) is 23.8. The van der Waals surface area contributed by atoms with Crippen LogP contribution in [0.3, 0.4) is 0 Å². The molecule has 7 heteroatoms. The van der Waals surface area contributed by atoms with Gasteiger partial charge in [0.25, 0.3) is 0 Å². The Labute approximate surface area is 201 Å². The van der Waals surface area contributed by atoms with Crippen molar-refractivity contribution in [3.63, 3.8) is 0 Å². The number of ether oxygens (including phenoxy) is 1. The fourth-order valence-corrected chi connectivity index (χ4v) is 4.37. The van der Waals surface area contributed by atoms with Crippen LogP contribution in [-0.4, -0.2) is 23.0 Å².